The summed E-state index contributed by atoms with van der Waals surface area (Å²) in [4.78, 5) is 10.6. The van der Waals surface area contributed by atoms with Crippen molar-refractivity contribution in [3.8, 4) is 0 Å². The molecule has 0 unspecified atom stereocenters. The van der Waals surface area contributed by atoms with E-state index in [1.165, 1.54) is 0 Å². The highest BCUT2D eigenvalue weighted by molar-refractivity contribution is 6.19. The van der Waals surface area contributed by atoms with E-state index in [-0.39, 0.29) is 11.8 Å². The molecule has 1 fully saturated rings. The number of hydrogen-bond acceptors (Lipinski definition) is 3. The Labute approximate surface area is 57.9 Å². The first kappa shape index (κ1) is 6.83. The van der Waals surface area contributed by atoms with Crippen LogP contribution in [0.2, 0.25) is 0 Å². The predicted molar refractivity (Wildman–Crippen MR) is 31.1 cm³/mol. The third-order valence-electron chi connectivity index (χ3n) is 1.04. The van der Waals surface area contributed by atoms with E-state index in [9.17, 15) is 4.79 Å². The number of cyclic esters (lactones) is 1. The second-order valence-electron chi connectivity index (χ2n) is 1.78. The summed E-state index contributed by atoms with van der Waals surface area (Å²) in [5, 5.41) is 0. The fraction of sp³-hybridized carbons (Fsp3) is 0.800. The lowest BCUT2D eigenvalue weighted by Gasteiger charge is -1.98. The first-order valence-electron chi connectivity index (χ1n) is 2.66. The fourth-order valence-electron chi connectivity index (χ4n) is 0.653. The van der Waals surface area contributed by atoms with Crippen LogP contribution in [0.5, 0.6) is 0 Å². The van der Waals surface area contributed by atoms with Crippen LogP contribution in [0.3, 0.4) is 0 Å². The fourth-order valence-corrected chi connectivity index (χ4v) is 0.852. The van der Waals surface area contributed by atoms with Crippen molar-refractivity contribution < 1.29 is 14.3 Å². The molecule has 4 heteroatoms. The molecule has 0 bridgehead atoms. The van der Waals surface area contributed by atoms with Crippen LogP contribution in [0, 0.1) is 0 Å². The van der Waals surface area contributed by atoms with Gasteiger partial charge < -0.3 is 9.47 Å². The zero-order chi connectivity index (χ0) is 6.85. The third kappa shape index (κ3) is 1.34. The van der Waals surface area contributed by atoms with Gasteiger partial charge in [0.15, 0.2) is 6.10 Å². The molecule has 1 aliphatic heterocycles. The lowest BCUT2D eigenvalue weighted by atomic mass is 10.4. The highest BCUT2D eigenvalue weighted by Crippen LogP contribution is 2.12. The van der Waals surface area contributed by atoms with Crippen LogP contribution in [-0.4, -0.2) is 24.2 Å². The summed E-state index contributed by atoms with van der Waals surface area (Å²) in [6.07, 6.45) is -0.983. The Morgan fingerprint density at radius 2 is 2.44 bits per heavy atom. The molecule has 0 saturated carbocycles. The zero-order valence-corrected chi connectivity index (χ0v) is 5.72. The lowest BCUT2D eigenvalue weighted by Crippen LogP contribution is -2.17. The number of carbonyl (C=O) groups is 1. The van der Waals surface area contributed by atoms with Crippen molar-refractivity contribution >= 4 is 17.6 Å². The Morgan fingerprint density at radius 3 is 2.67 bits per heavy atom. The smallest absolute Gasteiger partial charge is 0.338 e. The van der Waals surface area contributed by atoms with Crippen molar-refractivity contribution in [3.05, 3.63) is 0 Å². The Hall–Kier alpha value is -0.280. The quantitative estimate of drug-likeness (QED) is 0.404. The van der Waals surface area contributed by atoms with Gasteiger partial charge >= 0.3 is 5.97 Å². The molecule has 0 aromatic carbocycles. The molecule has 0 N–H and O–H groups in total. The van der Waals surface area contributed by atoms with Crippen molar-refractivity contribution in [2.75, 3.05) is 5.88 Å². The van der Waals surface area contributed by atoms with Crippen LogP contribution < -0.4 is 0 Å². The maximum Gasteiger partial charge on any atom is 0.338 e. The minimum Gasteiger partial charge on any atom is -0.434 e. The molecule has 0 aromatic rings. The van der Waals surface area contributed by atoms with Gasteiger partial charge in [-0.3, -0.25) is 0 Å². The van der Waals surface area contributed by atoms with E-state index in [4.69, 9.17) is 16.3 Å². The van der Waals surface area contributed by atoms with Crippen LogP contribution >= 0.6 is 11.6 Å². The number of ether oxygens (including phenoxy) is 2. The molecular formula is C5H7ClO3. The van der Waals surface area contributed by atoms with E-state index in [1.807, 2.05) is 0 Å². The highest BCUT2D eigenvalue weighted by Gasteiger charge is 2.31. The van der Waals surface area contributed by atoms with Gasteiger partial charge in [-0.2, -0.15) is 0 Å². The third-order valence-corrected chi connectivity index (χ3v) is 1.32. The molecule has 1 aliphatic rings. The van der Waals surface area contributed by atoms with Gasteiger partial charge in [0.25, 0.3) is 0 Å². The van der Waals surface area contributed by atoms with Gasteiger partial charge in [0.1, 0.15) is 0 Å². The van der Waals surface area contributed by atoms with Gasteiger partial charge in [0, 0.05) is 0 Å². The first-order valence-corrected chi connectivity index (χ1v) is 3.19. The molecule has 9 heavy (non-hydrogen) atoms. The number of rotatable bonds is 1. The molecule has 0 aliphatic carbocycles. The topological polar surface area (TPSA) is 35.5 Å². The maximum absolute atomic E-state index is 10.6. The van der Waals surface area contributed by atoms with Gasteiger partial charge in [-0.05, 0) is 6.92 Å². The normalized spacial score (nSPS) is 34.7. The molecule has 1 rings (SSSR count). The monoisotopic (exact) mass is 150 g/mol. The van der Waals surface area contributed by atoms with E-state index in [0.29, 0.717) is 0 Å². The second kappa shape index (κ2) is 2.54. The molecular weight excluding hydrogens is 144 g/mol. The minimum atomic E-state index is -0.554. The predicted octanol–water partition coefficient (Wildman–Crippen LogP) is 0.513. The number of hydrogen-bond donors (Lipinski definition) is 0. The van der Waals surface area contributed by atoms with Crippen molar-refractivity contribution in [2.45, 2.75) is 19.3 Å². The molecule has 1 heterocycles. The van der Waals surface area contributed by atoms with E-state index in [2.05, 4.69) is 4.74 Å². The summed E-state index contributed by atoms with van der Waals surface area (Å²) in [6.45, 7) is 1.66. The van der Waals surface area contributed by atoms with Crippen molar-refractivity contribution in [2.24, 2.45) is 0 Å². The van der Waals surface area contributed by atoms with E-state index in [0.717, 1.165) is 0 Å². The molecule has 52 valence electrons. The number of carbonyl (C=O) groups excluding carboxylic acids is 1. The number of halogens is 1. The van der Waals surface area contributed by atoms with Crippen molar-refractivity contribution in [1.29, 1.82) is 0 Å². The van der Waals surface area contributed by atoms with E-state index < -0.39 is 12.4 Å². The molecule has 0 amide bonds. The summed E-state index contributed by atoms with van der Waals surface area (Å²) in [7, 11) is 0. The van der Waals surface area contributed by atoms with E-state index in [1.54, 1.807) is 6.92 Å². The van der Waals surface area contributed by atoms with Gasteiger partial charge in [0.2, 0.25) is 6.29 Å². The van der Waals surface area contributed by atoms with Crippen LogP contribution in [0.25, 0.3) is 0 Å². The molecule has 3 nitrogen and oxygen atoms in total. The van der Waals surface area contributed by atoms with Crippen LogP contribution in [-0.2, 0) is 14.3 Å². The van der Waals surface area contributed by atoms with Crippen LogP contribution in [0.4, 0.5) is 0 Å². The number of esters is 1. The first-order chi connectivity index (χ1) is 4.24. The Balaban J connectivity index is 2.48. The molecule has 0 spiro atoms. The summed E-state index contributed by atoms with van der Waals surface area (Å²) >= 11 is 5.34. The summed E-state index contributed by atoms with van der Waals surface area (Å²) in [5.74, 6) is -0.194. The average molecular weight is 151 g/mol. The van der Waals surface area contributed by atoms with Gasteiger partial charge in [-0.25, -0.2) is 4.79 Å². The minimum absolute atomic E-state index is 0.170. The molecule has 0 aromatic heterocycles. The second-order valence-corrected chi connectivity index (χ2v) is 2.09. The summed E-state index contributed by atoms with van der Waals surface area (Å²) < 4.78 is 9.54. The SMILES string of the molecule is C[C@H]1OC(=O)[C@H](CCl)O1. The number of alkyl halides is 1. The lowest BCUT2D eigenvalue weighted by molar-refractivity contribution is -0.142. The maximum atomic E-state index is 10.6. The van der Waals surface area contributed by atoms with Crippen molar-refractivity contribution in [1.82, 2.24) is 0 Å². The standard InChI is InChI=1S/C5H7ClO3/c1-3-8-4(2-6)5(7)9-3/h3-4H,2H2,1H3/t3-,4+/m1/s1. The van der Waals surface area contributed by atoms with Crippen molar-refractivity contribution in [3.63, 3.8) is 0 Å². The Bertz CT molecular complexity index is 125. The molecule has 0 radical (unpaired) electrons. The molecule has 2 atom stereocenters. The average Bonchev–Trinajstić information content (AvgIpc) is 2.10. The Morgan fingerprint density at radius 1 is 1.78 bits per heavy atom. The van der Waals surface area contributed by atoms with Crippen LogP contribution in [0.1, 0.15) is 6.92 Å². The zero-order valence-electron chi connectivity index (χ0n) is 4.96. The van der Waals surface area contributed by atoms with Gasteiger partial charge in [0.05, 0.1) is 5.88 Å². The highest BCUT2D eigenvalue weighted by atomic mass is 35.5. The van der Waals surface area contributed by atoms with Gasteiger partial charge in [-0.15, -0.1) is 11.6 Å². The van der Waals surface area contributed by atoms with E-state index >= 15 is 0 Å². The van der Waals surface area contributed by atoms with Crippen LogP contribution in [0.15, 0.2) is 0 Å². The Kier molecular flexibility index (Phi) is 1.93. The molecule has 1 saturated heterocycles. The van der Waals surface area contributed by atoms with Gasteiger partial charge in [-0.1, -0.05) is 0 Å². The largest absolute Gasteiger partial charge is 0.434 e. The summed E-state index contributed by atoms with van der Waals surface area (Å²) in [6, 6.07) is 0. The summed E-state index contributed by atoms with van der Waals surface area (Å²) in [5.41, 5.74) is 0.